The number of carbonyl (C=O) groups is 3. The molecule has 4 rings (SSSR count). The molecule has 1 saturated heterocycles. The van der Waals surface area contributed by atoms with Gasteiger partial charge in [-0.2, -0.15) is 0 Å². The number of benzene rings is 2. The maximum Gasteiger partial charge on any atom is 0.270 e. The molecule has 7 heteroatoms. The monoisotopic (exact) mass is 444 g/mol. The first kappa shape index (κ1) is 22.3. The Bertz CT molecular complexity index is 1220. The summed E-state index contributed by atoms with van der Waals surface area (Å²) in [6, 6.07) is 16.6. The van der Waals surface area contributed by atoms with Crippen molar-refractivity contribution >= 4 is 29.1 Å². The van der Waals surface area contributed by atoms with Crippen molar-refractivity contribution in [2.45, 2.75) is 34.1 Å². The highest BCUT2D eigenvalue weighted by atomic mass is 16.2. The van der Waals surface area contributed by atoms with Crippen LogP contribution in [-0.4, -0.2) is 28.9 Å². The molecular weight excluding hydrogens is 416 g/mol. The molecule has 0 aliphatic carbocycles. The van der Waals surface area contributed by atoms with Crippen LogP contribution in [0.15, 0.2) is 54.6 Å². The quantitative estimate of drug-likeness (QED) is 0.622. The molecule has 1 fully saturated rings. The van der Waals surface area contributed by atoms with Gasteiger partial charge in [0.15, 0.2) is 0 Å². The largest absolute Gasteiger partial charge is 0.326 e. The van der Waals surface area contributed by atoms with Crippen molar-refractivity contribution in [3.63, 3.8) is 0 Å². The predicted octanol–water partition coefficient (Wildman–Crippen LogP) is 4.10. The molecule has 1 aromatic heterocycles. The SMILES string of the molecule is Cc1ccc(C)c(N2C[C@H](C(=O)Nc3cccc(C(=O)Nn4c(C)ccc4C)c3)CC2=O)c1. The maximum absolute atomic E-state index is 12.9. The summed E-state index contributed by atoms with van der Waals surface area (Å²) >= 11 is 0. The van der Waals surface area contributed by atoms with Crippen LogP contribution in [-0.2, 0) is 9.59 Å². The predicted molar refractivity (Wildman–Crippen MR) is 129 cm³/mol. The molecule has 0 saturated carbocycles. The summed E-state index contributed by atoms with van der Waals surface area (Å²) < 4.78 is 1.72. The molecule has 33 heavy (non-hydrogen) atoms. The van der Waals surface area contributed by atoms with E-state index < -0.39 is 5.92 Å². The van der Waals surface area contributed by atoms with Crippen molar-refractivity contribution in [1.29, 1.82) is 0 Å². The number of rotatable bonds is 5. The van der Waals surface area contributed by atoms with Gasteiger partial charge in [0, 0.05) is 41.3 Å². The first-order valence-corrected chi connectivity index (χ1v) is 11.0. The third kappa shape index (κ3) is 4.67. The molecular formula is C26H28N4O3. The molecule has 0 spiro atoms. The first-order valence-electron chi connectivity index (χ1n) is 11.0. The lowest BCUT2D eigenvalue weighted by atomic mass is 10.1. The van der Waals surface area contributed by atoms with Gasteiger partial charge in [0.2, 0.25) is 11.8 Å². The fraction of sp³-hybridized carbons (Fsp3) is 0.269. The second kappa shape index (κ2) is 8.94. The minimum Gasteiger partial charge on any atom is -0.326 e. The highest BCUT2D eigenvalue weighted by molar-refractivity contribution is 6.05. The third-order valence-electron chi connectivity index (χ3n) is 6.03. The van der Waals surface area contributed by atoms with Crippen LogP contribution in [0.1, 0.15) is 39.3 Å². The fourth-order valence-electron chi connectivity index (χ4n) is 4.12. The van der Waals surface area contributed by atoms with Gasteiger partial charge in [-0.1, -0.05) is 18.2 Å². The molecule has 170 valence electrons. The summed E-state index contributed by atoms with van der Waals surface area (Å²) in [5, 5.41) is 2.87. The van der Waals surface area contributed by atoms with Gasteiger partial charge in [-0.3, -0.25) is 24.5 Å². The summed E-state index contributed by atoms with van der Waals surface area (Å²) in [6.07, 6.45) is 0.158. The Morgan fingerprint density at radius 3 is 2.39 bits per heavy atom. The molecule has 2 heterocycles. The van der Waals surface area contributed by atoms with Gasteiger partial charge < -0.3 is 10.2 Å². The molecule has 0 unspecified atom stereocenters. The molecule has 7 nitrogen and oxygen atoms in total. The Morgan fingerprint density at radius 2 is 1.67 bits per heavy atom. The first-order chi connectivity index (χ1) is 15.7. The van der Waals surface area contributed by atoms with Gasteiger partial charge in [0.25, 0.3) is 5.91 Å². The van der Waals surface area contributed by atoms with E-state index in [2.05, 4.69) is 10.7 Å². The van der Waals surface area contributed by atoms with Crippen LogP contribution in [0, 0.1) is 33.6 Å². The second-order valence-corrected chi connectivity index (χ2v) is 8.66. The lowest BCUT2D eigenvalue weighted by Crippen LogP contribution is -2.28. The van der Waals surface area contributed by atoms with E-state index in [1.165, 1.54) is 0 Å². The summed E-state index contributed by atoms with van der Waals surface area (Å²) in [4.78, 5) is 40.0. The standard InChI is InChI=1S/C26H28N4O3/c1-16-8-9-17(2)23(12-16)29-15-21(14-24(29)31)25(32)27-22-7-5-6-20(13-22)26(33)28-30-18(3)10-11-19(30)4/h5-13,21H,14-15H2,1-4H3,(H,27,32)(H,28,33)/t21-/m1/s1. The lowest BCUT2D eigenvalue weighted by molar-refractivity contribution is -0.122. The number of anilines is 2. The molecule has 0 radical (unpaired) electrons. The minimum atomic E-state index is -0.458. The van der Waals surface area contributed by atoms with E-state index in [9.17, 15) is 14.4 Å². The van der Waals surface area contributed by atoms with E-state index >= 15 is 0 Å². The number of aryl methyl sites for hydroxylation is 4. The molecule has 2 N–H and O–H groups in total. The van der Waals surface area contributed by atoms with Crippen LogP contribution in [0.2, 0.25) is 0 Å². The third-order valence-corrected chi connectivity index (χ3v) is 6.03. The van der Waals surface area contributed by atoms with Gasteiger partial charge in [0.05, 0.1) is 5.92 Å². The van der Waals surface area contributed by atoms with Crippen LogP contribution in [0.5, 0.6) is 0 Å². The van der Waals surface area contributed by atoms with Crippen LogP contribution in [0.25, 0.3) is 0 Å². The molecule has 1 aliphatic heterocycles. The highest BCUT2D eigenvalue weighted by Gasteiger charge is 2.35. The smallest absolute Gasteiger partial charge is 0.270 e. The molecule has 3 amide bonds. The van der Waals surface area contributed by atoms with E-state index in [-0.39, 0.29) is 24.1 Å². The van der Waals surface area contributed by atoms with Crippen LogP contribution < -0.4 is 15.6 Å². The van der Waals surface area contributed by atoms with Crippen molar-refractivity contribution in [2.75, 3.05) is 22.2 Å². The number of nitrogens with zero attached hydrogens (tertiary/aromatic N) is 2. The molecule has 1 aliphatic rings. The number of nitrogens with one attached hydrogen (secondary N) is 2. The summed E-state index contributed by atoms with van der Waals surface area (Å²) in [5.41, 5.74) is 8.58. The van der Waals surface area contributed by atoms with Gasteiger partial charge >= 0.3 is 0 Å². The molecule has 0 bridgehead atoms. The number of hydrogen-bond donors (Lipinski definition) is 2. The maximum atomic E-state index is 12.9. The van der Waals surface area contributed by atoms with E-state index in [4.69, 9.17) is 0 Å². The van der Waals surface area contributed by atoms with Gasteiger partial charge in [0.1, 0.15) is 0 Å². The second-order valence-electron chi connectivity index (χ2n) is 8.66. The van der Waals surface area contributed by atoms with Crippen molar-refractivity contribution in [2.24, 2.45) is 5.92 Å². The number of aromatic nitrogens is 1. The average Bonchev–Trinajstić information content (AvgIpc) is 3.32. The minimum absolute atomic E-state index is 0.0607. The highest BCUT2D eigenvalue weighted by Crippen LogP contribution is 2.29. The Kier molecular flexibility index (Phi) is 6.05. The zero-order valence-electron chi connectivity index (χ0n) is 19.3. The van der Waals surface area contributed by atoms with Crippen molar-refractivity contribution in [1.82, 2.24) is 4.68 Å². The summed E-state index contributed by atoms with van der Waals surface area (Å²) in [7, 11) is 0. The summed E-state index contributed by atoms with van der Waals surface area (Å²) in [5.74, 6) is -1.02. The number of amides is 3. The van der Waals surface area contributed by atoms with Gasteiger partial charge in [-0.15, -0.1) is 0 Å². The van der Waals surface area contributed by atoms with E-state index in [1.807, 2.05) is 58.0 Å². The Labute approximate surface area is 193 Å². The van der Waals surface area contributed by atoms with Crippen molar-refractivity contribution in [3.8, 4) is 0 Å². The zero-order valence-corrected chi connectivity index (χ0v) is 19.3. The van der Waals surface area contributed by atoms with Crippen LogP contribution in [0.4, 0.5) is 11.4 Å². The van der Waals surface area contributed by atoms with Gasteiger partial charge in [-0.25, -0.2) is 0 Å². The molecule has 3 aromatic rings. The molecule has 2 aromatic carbocycles. The fourth-order valence-corrected chi connectivity index (χ4v) is 4.12. The average molecular weight is 445 g/mol. The van der Waals surface area contributed by atoms with Crippen LogP contribution >= 0.6 is 0 Å². The Morgan fingerprint density at radius 1 is 0.939 bits per heavy atom. The Hall–Kier alpha value is -3.87. The normalized spacial score (nSPS) is 15.6. The van der Waals surface area contributed by atoms with Crippen molar-refractivity contribution < 1.29 is 14.4 Å². The van der Waals surface area contributed by atoms with Crippen LogP contribution in [0.3, 0.4) is 0 Å². The zero-order chi connectivity index (χ0) is 23.7. The lowest BCUT2D eigenvalue weighted by Gasteiger charge is -2.19. The molecule has 1 atom stereocenters. The van der Waals surface area contributed by atoms with E-state index in [0.29, 0.717) is 17.8 Å². The topological polar surface area (TPSA) is 83.4 Å². The number of carbonyl (C=O) groups excluding carboxylic acids is 3. The number of hydrogen-bond acceptors (Lipinski definition) is 3. The van der Waals surface area contributed by atoms with Crippen molar-refractivity contribution in [3.05, 3.63) is 82.7 Å². The van der Waals surface area contributed by atoms with E-state index in [0.717, 1.165) is 28.2 Å². The van der Waals surface area contributed by atoms with E-state index in [1.54, 1.807) is 33.8 Å². The van der Waals surface area contributed by atoms with Gasteiger partial charge in [-0.05, 0) is 75.2 Å². The Balaban J connectivity index is 1.44. The summed E-state index contributed by atoms with van der Waals surface area (Å²) in [6.45, 7) is 8.10.